The maximum atomic E-state index is 14.3. The van der Waals surface area contributed by atoms with Gasteiger partial charge in [-0.2, -0.15) is 9.83 Å². The number of halogens is 2. The summed E-state index contributed by atoms with van der Waals surface area (Å²) in [5.41, 5.74) is 1.76. The third-order valence-corrected chi connectivity index (χ3v) is 3.27. The van der Waals surface area contributed by atoms with Crippen LogP contribution in [0.1, 0.15) is 16.8 Å². The van der Waals surface area contributed by atoms with Crippen LogP contribution in [-0.2, 0) is 7.05 Å². The Balaban J connectivity index is 2.84. The summed E-state index contributed by atoms with van der Waals surface area (Å²) in [5, 5.41) is 8.85. The van der Waals surface area contributed by atoms with Crippen molar-refractivity contribution in [3.8, 4) is 17.3 Å². The Morgan fingerprint density at radius 3 is 2.53 bits per heavy atom. The monoisotopic (exact) mass is 259 g/mol. The summed E-state index contributed by atoms with van der Waals surface area (Å²) in [6.07, 6.45) is 0. The molecule has 1 aromatic carbocycles. The first-order valence-electron chi connectivity index (χ1n) is 5.82. The van der Waals surface area contributed by atoms with Crippen LogP contribution in [0.2, 0.25) is 0 Å². The van der Waals surface area contributed by atoms with Gasteiger partial charge in [-0.25, -0.2) is 8.78 Å². The Kier molecular flexibility index (Phi) is 3.30. The number of nitriles is 1. The summed E-state index contributed by atoms with van der Waals surface area (Å²) >= 11 is 0. The lowest BCUT2D eigenvalue weighted by Gasteiger charge is -2.09. The molecule has 0 aliphatic rings. The number of nitrogens with zero attached hydrogens (tertiary/aromatic N) is 2. The lowest BCUT2D eigenvalue weighted by molar-refractivity contribution is -0.666. The van der Waals surface area contributed by atoms with Gasteiger partial charge in [-0.05, 0) is 24.6 Å². The van der Waals surface area contributed by atoms with Crippen LogP contribution in [0, 0.1) is 36.8 Å². The standard InChI is InChI=1S/C15H13F2N2/c1-9-7-12(16)11(8-18)15(17)14(9)13-6-4-5-10(2)19(13)3/h4-7H,1-3H3/q+1. The zero-order valence-electron chi connectivity index (χ0n) is 11.0. The SMILES string of the molecule is Cc1cc(F)c(C#N)c(F)c1-c1cccc(C)[n+]1C. The van der Waals surface area contributed by atoms with Crippen LogP contribution in [0.25, 0.3) is 11.3 Å². The minimum absolute atomic E-state index is 0.268. The van der Waals surface area contributed by atoms with Crippen molar-refractivity contribution in [3.63, 3.8) is 0 Å². The van der Waals surface area contributed by atoms with Crippen molar-refractivity contribution in [2.24, 2.45) is 7.05 Å². The molecule has 0 amide bonds. The molecular weight excluding hydrogens is 246 g/mol. The van der Waals surface area contributed by atoms with E-state index in [1.807, 2.05) is 17.6 Å². The molecule has 4 heteroatoms. The van der Waals surface area contributed by atoms with Crippen molar-refractivity contribution >= 4 is 0 Å². The van der Waals surface area contributed by atoms with Gasteiger partial charge in [0.15, 0.2) is 11.5 Å². The molecule has 0 fully saturated rings. The lowest BCUT2D eigenvalue weighted by atomic mass is 10.00. The average Bonchev–Trinajstić information content (AvgIpc) is 2.34. The molecule has 19 heavy (non-hydrogen) atoms. The number of aryl methyl sites for hydroxylation is 2. The van der Waals surface area contributed by atoms with E-state index in [0.717, 1.165) is 5.69 Å². The molecular formula is C15H13F2N2+. The lowest BCUT2D eigenvalue weighted by Crippen LogP contribution is -2.34. The van der Waals surface area contributed by atoms with Gasteiger partial charge in [0.2, 0.25) is 5.69 Å². The topological polar surface area (TPSA) is 27.7 Å². The molecule has 0 bridgehead atoms. The highest BCUT2D eigenvalue weighted by Gasteiger charge is 2.23. The number of rotatable bonds is 1. The van der Waals surface area contributed by atoms with Gasteiger partial charge in [-0.15, -0.1) is 0 Å². The molecule has 0 atom stereocenters. The van der Waals surface area contributed by atoms with Gasteiger partial charge < -0.3 is 0 Å². The first-order chi connectivity index (χ1) is 8.97. The maximum Gasteiger partial charge on any atom is 0.215 e. The van der Waals surface area contributed by atoms with Crippen LogP contribution in [0.3, 0.4) is 0 Å². The van der Waals surface area contributed by atoms with Crippen LogP contribution in [0.4, 0.5) is 8.78 Å². The van der Waals surface area contributed by atoms with Crippen molar-refractivity contribution in [1.29, 1.82) is 5.26 Å². The number of hydrogen-bond acceptors (Lipinski definition) is 1. The fraction of sp³-hybridized carbons (Fsp3) is 0.200. The Hall–Kier alpha value is -2.28. The van der Waals surface area contributed by atoms with Crippen LogP contribution in [0.15, 0.2) is 24.3 Å². The summed E-state index contributed by atoms with van der Waals surface area (Å²) in [5.74, 6) is -1.63. The Bertz CT molecular complexity index is 700. The molecule has 96 valence electrons. The predicted molar refractivity (Wildman–Crippen MR) is 67.2 cm³/mol. The number of pyridine rings is 1. The zero-order chi connectivity index (χ0) is 14.2. The van der Waals surface area contributed by atoms with Crippen LogP contribution >= 0.6 is 0 Å². The summed E-state index contributed by atoms with van der Waals surface area (Å²) in [6.45, 7) is 3.52. The molecule has 0 radical (unpaired) electrons. The van der Waals surface area contributed by atoms with Crippen LogP contribution in [0.5, 0.6) is 0 Å². The van der Waals surface area contributed by atoms with E-state index in [2.05, 4.69) is 0 Å². The summed E-state index contributed by atoms with van der Waals surface area (Å²) in [4.78, 5) is 0. The molecule has 2 nitrogen and oxygen atoms in total. The van der Waals surface area contributed by atoms with E-state index in [1.54, 1.807) is 32.2 Å². The second-order valence-electron chi connectivity index (χ2n) is 4.46. The summed E-state index contributed by atoms with van der Waals surface area (Å²) in [7, 11) is 1.80. The van der Waals surface area contributed by atoms with E-state index in [0.29, 0.717) is 11.3 Å². The molecule has 0 aliphatic heterocycles. The van der Waals surface area contributed by atoms with E-state index in [4.69, 9.17) is 5.26 Å². The minimum Gasteiger partial charge on any atom is -0.205 e. The molecule has 2 aromatic rings. The third-order valence-electron chi connectivity index (χ3n) is 3.27. The molecule has 2 rings (SSSR count). The van der Waals surface area contributed by atoms with Gasteiger partial charge in [0.1, 0.15) is 24.5 Å². The highest BCUT2D eigenvalue weighted by molar-refractivity contribution is 5.64. The van der Waals surface area contributed by atoms with Crippen LogP contribution in [-0.4, -0.2) is 0 Å². The maximum absolute atomic E-state index is 14.3. The predicted octanol–water partition coefficient (Wildman–Crippen LogP) is 2.94. The molecule has 0 aliphatic carbocycles. The second-order valence-corrected chi connectivity index (χ2v) is 4.46. The quantitative estimate of drug-likeness (QED) is 0.723. The highest BCUT2D eigenvalue weighted by Crippen LogP contribution is 2.28. The molecule has 1 heterocycles. The Morgan fingerprint density at radius 2 is 1.89 bits per heavy atom. The van der Waals surface area contributed by atoms with E-state index >= 15 is 0 Å². The Morgan fingerprint density at radius 1 is 1.21 bits per heavy atom. The summed E-state index contributed by atoms with van der Waals surface area (Å²) in [6, 6.07) is 8.22. The molecule has 0 N–H and O–H groups in total. The largest absolute Gasteiger partial charge is 0.215 e. The fourth-order valence-electron chi connectivity index (χ4n) is 2.10. The number of aromatic nitrogens is 1. The highest BCUT2D eigenvalue weighted by atomic mass is 19.1. The number of benzene rings is 1. The molecule has 1 aromatic heterocycles. The first kappa shape index (κ1) is 13.2. The molecule has 0 unspecified atom stereocenters. The van der Waals surface area contributed by atoms with Gasteiger partial charge >= 0.3 is 0 Å². The zero-order valence-corrected chi connectivity index (χ0v) is 11.0. The molecule has 0 spiro atoms. The third kappa shape index (κ3) is 2.08. The normalized spacial score (nSPS) is 10.3. The van der Waals surface area contributed by atoms with Crippen molar-refractivity contribution in [2.45, 2.75) is 13.8 Å². The Labute approximate surface area is 110 Å². The van der Waals surface area contributed by atoms with Gasteiger partial charge in [-0.3, -0.25) is 0 Å². The van der Waals surface area contributed by atoms with E-state index in [9.17, 15) is 8.78 Å². The van der Waals surface area contributed by atoms with Gasteiger partial charge in [0, 0.05) is 19.1 Å². The molecule has 0 saturated carbocycles. The van der Waals surface area contributed by atoms with Crippen molar-refractivity contribution in [1.82, 2.24) is 0 Å². The molecule has 0 saturated heterocycles. The van der Waals surface area contributed by atoms with Gasteiger partial charge in [0.25, 0.3) is 0 Å². The van der Waals surface area contributed by atoms with Crippen molar-refractivity contribution in [3.05, 3.63) is 52.7 Å². The van der Waals surface area contributed by atoms with Gasteiger partial charge in [-0.1, -0.05) is 0 Å². The second kappa shape index (κ2) is 4.77. The minimum atomic E-state index is -0.823. The first-order valence-corrected chi connectivity index (χ1v) is 5.82. The van der Waals surface area contributed by atoms with Crippen molar-refractivity contribution < 1.29 is 13.3 Å². The van der Waals surface area contributed by atoms with Gasteiger partial charge in [0.05, 0.1) is 5.56 Å². The summed E-state index contributed by atoms with van der Waals surface area (Å²) < 4.78 is 29.6. The van der Waals surface area contributed by atoms with Crippen molar-refractivity contribution in [2.75, 3.05) is 0 Å². The average molecular weight is 259 g/mol. The number of hydrogen-bond donors (Lipinski definition) is 0. The van der Waals surface area contributed by atoms with E-state index in [1.165, 1.54) is 6.07 Å². The fourth-order valence-corrected chi connectivity index (χ4v) is 2.10. The van der Waals surface area contributed by atoms with E-state index < -0.39 is 17.2 Å². The van der Waals surface area contributed by atoms with Crippen LogP contribution < -0.4 is 4.57 Å². The van der Waals surface area contributed by atoms with E-state index in [-0.39, 0.29) is 5.56 Å². The smallest absolute Gasteiger partial charge is 0.205 e.